The molecule has 0 aromatic heterocycles. The van der Waals surface area contributed by atoms with Gasteiger partial charge in [0.15, 0.2) is 0 Å². The second kappa shape index (κ2) is 5.73. The Labute approximate surface area is 124 Å². The molecule has 1 atom stereocenters. The zero-order valence-electron chi connectivity index (χ0n) is 12.7. The molecule has 1 unspecified atom stereocenters. The summed E-state index contributed by atoms with van der Waals surface area (Å²) < 4.78 is 41.9. The molecule has 0 amide bonds. The Kier molecular flexibility index (Phi) is 4.25. The molecule has 4 rings (SSSR count). The maximum Gasteiger partial charge on any atom is 0.391 e. The summed E-state index contributed by atoms with van der Waals surface area (Å²) in [6.45, 7) is 0.201. The zero-order chi connectivity index (χ0) is 15.1. The number of alkyl halides is 3. The zero-order valence-corrected chi connectivity index (χ0v) is 12.7. The normalized spacial score (nSPS) is 39.7. The molecule has 4 aliphatic rings. The molecule has 122 valence electrons. The maximum absolute atomic E-state index is 12.2. The first-order valence-corrected chi connectivity index (χ1v) is 8.22. The standard InChI is InChI=1S/C16H26F3NO/c1-20-14(10-21-3-2-16(17,18)19)15-7-11-4-12(8-15)6-13(5-11)9-15/h11-14,20H,2-10H2,1H3. The van der Waals surface area contributed by atoms with Gasteiger partial charge in [0.05, 0.1) is 19.6 Å². The van der Waals surface area contributed by atoms with Crippen LogP contribution in [-0.4, -0.2) is 32.5 Å². The molecule has 5 heteroatoms. The van der Waals surface area contributed by atoms with Gasteiger partial charge in [0, 0.05) is 6.04 Å². The number of rotatable bonds is 6. The summed E-state index contributed by atoms with van der Waals surface area (Å²) in [5.41, 5.74) is 0.279. The SMILES string of the molecule is CNC(COCCC(F)(F)F)C12CC3CC(CC(C3)C1)C2. The highest BCUT2D eigenvalue weighted by atomic mass is 19.4. The van der Waals surface area contributed by atoms with Crippen molar-refractivity contribution in [3.8, 4) is 0 Å². The van der Waals surface area contributed by atoms with Crippen LogP contribution < -0.4 is 5.32 Å². The molecule has 4 fully saturated rings. The van der Waals surface area contributed by atoms with Crippen LogP contribution in [0.1, 0.15) is 44.9 Å². The summed E-state index contributed by atoms with van der Waals surface area (Å²) in [7, 11) is 1.93. The van der Waals surface area contributed by atoms with Gasteiger partial charge < -0.3 is 10.1 Å². The number of halogens is 3. The minimum atomic E-state index is -4.12. The number of likely N-dealkylation sites (N-methyl/N-ethyl adjacent to an activating group) is 1. The molecule has 4 bridgehead atoms. The first-order valence-electron chi connectivity index (χ1n) is 8.22. The fraction of sp³-hybridized carbons (Fsp3) is 1.00. The van der Waals surface area contributed by atoms with Crippen molar-refractivity contribution in [3.63, 3.8) is 0 Å². The minimum Gasteiger partial charge on any atom is -0.379 e. The van der Waals surface area contributed by atoms with Crippen LogP contribution in [0, 0.1) is 23.2 Å². The third-order valence-electron chi connectivity index (χ3n) is 5.99. The molecule has 0 aliphatic heterocycles. The van der Waals surface area contributed by atoms with Gasteiger partial charge in [-0.05, 0) is 68.7 Å². The fourth-order valence-electron chi connectivity index (χ4n) is 5.56. The first-order chi connectivity index (χ1) is 9.90. The number of ether oxygens (including phenoxy) is 1. The number of hydrogen-bond donors (Lipinski definition) is 1. The second-order valence-electron chi connectivity index (χ2n) is 7.56. The molecule has 2 nitrogen and oxygen atoms in total. The van der Waals surface area contributed by atoms with Crippen molar-refractivity contribution in [1.82, 2.24) is 5.32 Å². The summed E-state index contributed by atoms with van der Waals surface area (Å²) in [5.74, 6) is 2.55. The topological polar surface area (TPSA) is 21.3 Å². The van der Waals surface area contributed by atoms with Crippen molar-refractivity contribution in [2.75, 3.05) is 20.3 Å². The van der Waals surface area contributed by atoms with E-state index >= 15 is 0 Å². The third-order valence-corrected chi connectivity index (χ3v) is 5.99. The van der Waals surface area contributed by atoms with Crippen LogP contribution in [0.3, 0.4) is 0 Å². The Balaban J connectivity index is 1.56. The van der Waals surface area contributed by atoms with Gasteiger partial charge in [0.1, 0.15) is 0 Å². The predicted molar refractivity (Wildman–Crippen MR) is 74.9 cm³/mol. The fourth-order valence-corrected chi connectivity index (χ4v) is 5.56. The summed E-state index contributed by atoms with van der Waals surface area (Å²) in [5, 5.41) is 3.35. The highest BCUT2D eigenvalue weighted by molar-refractivity contribution is 5.05. The van der Waals surface area contributed by atoms with E-state index in [1.165, 1.54) is 38.5 Å². The lowest BCUT2D eigenvalue weighted by Crippen LogP contribution is -2.56. The van der Waals surface area contributed by atoms with E-state index in [0.717, 1.165) is 17.8 Å². The van der Waals surface area contributed by atoms with Crippen molar-refractivity contribution in [1.29, 1.82) is 0 Å². The van der Waals surface area contributed by atoms with E-state index in [1.54, 1.807) is 0 Å². The Morgan fingerprint density at radius 1 is 1.10 bits per heavy atom. The molecule has 21 heavy (non-hydrogen) atoms. The molecule has 0 aromatic carbocycles. The van der Waals surface area contributed by atoms with Gasteiger partial charge in [0.25, 0.3) is 0 Å². The van der Waals surface area contributed by atoms with Crippen LogP contribution in [0.2, 0.25) is 0 Å². The Morgan fingerprint density at radius 2 is 1.62 bits per heavy atom. The highest BCUT2D eigenvalue weighted by Gasteiger charge is 2.53. The van der Waals surface area contributed by atoms with Gasteiger partial charge in [-0.15, -0.1) is 0 Å². The van der Waals surface area contributed by atoms with Gasteiger partial charge in [-0.25, -0.2) is 0 Å². The van der Waals surface area contributed by atoms with E-state index < -0.39 is 12.6 Å². The summed E-state index contributed by atoms with van der Waals surface area (Å²) in [4.78, 5) is 0. The van der Waals surface area contributed by atoms with Crippen molar-refractivity contribution in [2.24, 2.45) is 23.2 Å². The van der Waals surface area contributed by atoms with Crippen LogP contribution in [0.25, 0.3) is 0 Å². The summed E-state index contributed by atoms with van der Waals surface area (Å²) in [6, 6.07) is 0.208. The molecule has 0 aromatic rings. The van der Waals surface area contributed by atoms with Crippen molar-refractivity contribution in [2.45, 2.75) is 57.2 Å². The molecule has 0 saturated heterocycles. The average Bonchev–Trinajstić information content (AvgIpc) is 2.35. The van der Waals surface area contributed by atoms with Gasteiger partial charge in [-0.3, -0.25) is 0 Å². The lowest BCUT2D eigenvalue weighted by atomic mass is 9.48. The Morgan fingerprint density at radius 3 is 2.05 bits per heavy atom. The molecular formula is C16H26F3NO. The van der Waals surface area contributed by atoms with Crippen molar-refractivity contribution in [3.05, 3.63) is 0 Å². The van der Waals surface area contributed by atoms with Gasteiger partial charge in [-0.1, -0.05) is 0 Å². The van der Waals surface area contributed by atoms with Crippen molar-refractivity contribution >= 4 is 0 Å². The molecule has 0 radical (unpaired) electrons. The van der Waals surface area contributed by atoms with E-state index in [2.05, 4.69) is 5.32 Å². The number of nitrogens with one attached hydrogen (secondary N) is 1. The average molecular weight is 305 g/mol. The molecule has 0 spiro atoms. The molecule has 4 aliphatic carbocycles. The van der Waals surface area contributed by atoms with Gasteiger partial charge >= 0.3 is 6.18 Å². The minimum absolute atomic E-state index is 0.208. The predicted octanol–water partition coefficient (Wildman–Crippen LogP) is 3.76. The quantitative estimate of drug-likeness (QED) is 0.754. The van der Waals surface area contributed by atoms with Crippen LogP contribution in [-0.2, 0) is 4.74 Å². The highest BCUT2D eigenvalue weighted by Crippen LogP contribution is 2.61. The molecular weight excluding hydrogens is 279 g/mol. The van der Waals surface area contributed by atoms with E-state index in [-0.39, 0.29) is 18.1 Å². The van der Waals surface area contributed by atoms with E-state index in [4.69, 9.17) is 4.74 Å². The largest absolute Gasteiger partial charge is 0.391 e. The van der Waals surface area contributed by atoms with Crippen LogP contribution in [0.4, 0.5) is 13.2 Å². The van der Waals surface area contributed by atoms with Crippen molar-refractivity contribution < 1.29 is 17.9 Å². The van der Waals surface area contributed by atoms with Crippen LogP contribution >= 0.6 is 0 Å². The Bertz CT molecular complexity index is 334. The van der Waals surface area contributed by atoms with E-state index in [9.17, 15) is 13.2 Å². The molecule has 0 heterocycles. The Hall–Kier alpha value is -0.290. The third kappa shape index (κ3) is 3.39. The number of hydrogen-bond acceptors (Lipinski definition) is 2. The molecule has 4 saturated carbocycles. The van der Waals surface area contributed by atoms with Crippen LogP contribution in [0.15, 0.2) is 0 Å². The monoisotopic (exact) mass is 305 g/mol. The van der Waals surface area contributed by atoms with Gasteiger partial charge in [0.2, 0.25) is 0 Å². The maximum atomic E-state index is 12.2. The van der Waals surface area contributed by atoms with E-state index in [0.29, 0.717) is 6.61 Å². The summed E-state index contributed by atoms with van der Waals surface area (Å²) in [6.07, 6.45) is 2.91. The molecule has 1 N–H and O–H groups in total. The first kappa shape index (κ1) is 15.6. The van der Waals surface area contributed by atoms with E-state index in [1.807, 2.05) is 7.05 Å². The lowest BCUT2D eigenvalue weighted by Gasteiger charge is -2.59. The van der Waals surface area contributed by atoms with Gasteiger partial charge in [-0.2, -0.15) is 13.2 Å². The lowest BCUT2D eigenvalue weighted by molar-refractivity contribution is -0.148. The second-order valence-corrected chi connectivity index (χ2v) is 7.56. The summed E-state index contributed by atoms with van der Waals surface area (Å²) >= 11 is 0. The smallest absolute Gasteiger partial charge is 0.379 e. The van der Waals surface area contributed by atoms with Crippen LogP contribution in [0.5, 0.6) is 0 Å².